The van der Waals surface area contributed by atoms with Crippen molar-refractivity contribution in [1.29, 1.82) is 5.26 Å². The molecule has 0 saturated carbocycles. The van der Waals surface area contributed by atoms with Gasteiger partial charge in [-0.05, 0) is 31.2 Å². The summed E-state index contributed by atoms with van der Waals surface area (Å²) < 4.78 is 0. The number of nitrogens with zero attached hydrogens (tertiary/aromatic N) is 2. The van der Waals surface area contributed by atoms with E-state index < -0.39 is 0 Å². The van der Waals surface area contributed by atoms with Gasteiger partial charge in [-0.1, -0.05) is 6.42 Å². The van der Waals surface area contributed by atoms with E-state index in [9.17, 15) is 10.1 Å². The minimum absolute atomic E-state index is 0.296. The number of hydrogen-bond acceptors (Lipinski definition) is 6. The molecule has 0 fully saturated rings. The third kappa shape index (κ3) is 2.77. The third-order valence-corrected chi connectivity index (χ3v) is 5.40. The number of rotatable bonds is 2. The summed E-state index contributed by atoms with van der Waals surface area (Å²) in [6.45, 7) is 0. The first-order chi connectivity index (χ1) is 10.2. The highest BCUT2D eigenvalue weighted by Gasteiger charge is 2.21. The zero-order valence-corrected chi connectivity index (χ0v) is 12.9. The van der Waals surface area contributed by atoms with Gasteiger partial charge in [-0.15, -0.1) is 22.7 Å². The molecule has 0 aromatic carbocycles. The van der Waals surface area contributed by atoms with Gasteiger partial charge < -0.3 is 11.1 Å². The van der Waals surface area contributed by atoms with Gasteiger partial charge in [0.2, 0.25) is 0 Å². The van der Waals surface area contributed by atoms with Crippen LogP contribution in [-0.2, 0) is 12.8 Å². The van der Waals surface area contributed by atoms with Crippen LogP contribution in [0.2, 0.25) is 0 Å². The van der Waals surface area contributed by atoms with Crippen LogP contribution in [-0.4, -0.2) is 10.9 Å². The van der Waals surface area contributed by atoms with Crippen LogP contribution in [0.15, 0.2) is 5.38 Å². The number of thiazole rings is 1. The van der Waals surface area contributed by atoms with Gasteiger partial charge in [0.15, 0.2) is 5.13 Å². The Morgan fingerprint density at radius 3 is 2.90 bits per heavy atom. The summed E-state index contributed by atoms with van der Waals surface area (Å²) in [4.78, 5) is 17.3. The number of thiophene rings is 1. The van der Waals surface area contributed by atoms with Gasteiger partial charge in [-0.25, -0.2) is 4.98 Å². The number of aromatic nitrogens is 1. The average Bonchev–Trinajstić information content (AvgIpc) is 2.96. The number of nitrogens with two attached hydrogens (primary N) is 1. The van der Waals surface area contributed by atoms with Crippen LogP contribution in [0.1, 0.15) is 45.8 Å². The van der Waals surface area contributed by atoms with Crippen LogP contribution < -0.4 is 11.1 Å². The molecule has 2 aromatic rings. The normalized spacial score (nSPS) is 14.0. The van der Waals surface area contributed by atoms with Crippen LogP contribution >= 0.6 is 22.7 Å². The molecule has 3 N–H and O–H groups in total. The summed E-state index contributed by atoms with van der Waals surface area (Å²) in [5.74, 6) is -0.309. The summed E-state index contributed by atoms with van der Waals surface area (Å²) in [7, 11) is 0. The van der Waals surface area contributed by atoms with E-state index in [2.05, 4.69) is 16.4 Å². The van der Waals surface area contributed by atoms with Crippen molar-refractivity contribution < 1.29 is 4.79 Å². The molecule has 0 saturated heterocycles. The summed E-state index contributed by atoms with van der Waals surface area (Å²) >= 11 is 2.75. The Kier molecular flexibility index (Phi) is 3.90. The van der Waals surface area contributed by atoms with Gasteiger partial charge in [-0.3, -0.25) is 4.79 Å². The monoisotopic (exact) mass is 318 g/mol. The smallest absolute Gasteiger partial charge is 0.275 e. The summed E-state index contributed by atoms with van der Waals surface area (Å²) in [6.07, 6.45) is 5.37. The van der Waals surface area contributed by atoms with E-state index in [-0.39, 0.29) is 5.91 Å². The standard InChI is InChI=1S/C14H14N4OS2/c15-6-9-8-4-2-1-3-5-11(8)21-13(9)18-12(19)10-7-20-14(16)17-10/h7H,1-5H2,(H2,16,17)(H,18,19). The van der Waals surface area contributed by atoms with Crippen molar-refractivity contribution in [2.75, 3.05) is 11.1 Å². The van der Waals surface area contributed by atoms with Crippen molar-refractivity contribution >= 4 is 38.7 Å². The van der Waals surface area contributed by atoms with E-state index in [1.165, 1.54) is 34.0 Å². The van der Waals surface area contributed by atoms with Crippen LogP contribution in [0, 0.1) is 11.3 Å². The Balaban J connectivity index is 1.89. The number of carbonyl (C=O) groups excluding carboxylic acids is 1. The Morgan fingerprint density at radius 1 is 1.38 bits per heavy atom. The average molecular weight is 318 g/mol. The number of nitrogens with one attached hydrogen (secondary N) is 1. The number of hydrogen-bond donors (Lipinski definition) is 2. The van der Waals surface area contributed by atoms with Gasteiger partial charge in [0, 0.05) is 10.3 Å². The molecule has 2 heterocycles. The van der Waals surface area contributed by atoms with Crippen LogP contribution in [0.3, 0.4) is 0 Å². The summed E-state index contributed by atoms with van der Waals surface area (Å²) in [5.41, 5.74) is 7.57. The second kappa shape index (κ2) is 5.84. The van der Waals surface area contributed by atoms with E-state index in [0.29, 0.717) is 21.4 Å². The number of anilines is 2. The molecule has 108 valence electrons. The lowest BCUT2D eigenvalue weighted by Gasteiger charge is -2.01. The molecule has 0 unspecified atom stereocenters. The number of nitrogen functional groups attached to an aromatic ring is 1. The fourth-order valence-electron chi connectivity index (χ4n) is 2.51. The SMILES string of the molecule is N#Cc1c(NC(=O)c2csc(N)n2)sc2c1CCCCC2. The number of fused-ring (bicyclic) bond motifs is 1. The quantitative estimate of drug-likeness (QED) is 0.832. The predicted octanol–water partition coefficient (Wildman–Crippen LogP) is 3.18. The Hall–Kier alpha value is -1.91. The van der Waals surface area contributed by atoms with E-state index in [0.717, 1.165) is 31.2 Å². The van der Waals surface area contributed by atoms with Gasteiger partial charge in [0.05, 0.1) is 5.56 Å². The van der Waals surface area contributed by atoms with Crippen LogP contribution in [0.5, 0.6) is 0 Å². The number of aryl methyl sites for hydroxylation is 1. The number of amides is 1. The molecular weight excluding hydrogens is 304 g/mol. The highest BCUT2D eigenvalue weighted by Crippen LogP contribution is 2.37. The molecule has 3 rings (SSSR count). The Morgan fingerprint density at radius 2 is 2.19 bits per heavy atom. The zero-order chi connectivity index (χ0) is 14.8. The van der Waals surface area contributed by atoms with Gasteiger partial charge in [-0.2, -0.15) is 5.26 Å². The van der Waals surface area contributed by atoms with Gasteiger partial charge in [0.25, 0.3) is 5.91 Å². The lowest BCUT2D eigenvalue weighted by Crippen LogP contribution is -2.12. The van der Waals surface area contributed by atoms with Crippen molar-refractivity contribution in [2.24, 2.45) is 0 Å². The van der Waals surface area contributed by atoms with E-state index in [4.69, 9.17) is 5.73 Å². The lowest BCUT2D eigenvalue weighted by molar-refractivity contribution is 0.102. The fraction of sp³-hybridized carbons (Fsp3) is 0.357. The van der Waals surface area contributed by atoms with E-state index >= 15 is 0 Å². The number of carbonyl (C=O) groups is 1. The van der Waals surface area contributed by atoms with Crippen molar-refractivity contribution in [3.05, 3.63) is 27.1 Å². The fourth-order valence-corrected chi connectivity index (χ4v) is 4.29. The summed E-state index contributed by atoms with van der Waals surface area (Å²) in [5, 5.41) is 14.9. The maximum Gasteiger partial charge on any atom is 0.275 e. The molecule has 0 spiro atoms. The molecular formula is C14H14N4OS2. The van der Waals surface area contributed by atoms with Crippen molar-refractivity contribution in [3.8, 4) is 6.07 Å². The molecule has 21 heavy (non-hydrogen) atoms. The number of nitriles is 1. The molecule has 5 nitrogen and oxygen atoms in total. The topological polar surface area (TPSA) is 91.8 Å². The molecule has 2 aromatic heterocycles. The first kappa shape index (κ1) is 14.0. The molecule has 7 heteroatoms. The molecule has 0 bridgehead atoms. The first-order valence-corrected chi connectivity index (χ1v) is 8.45. The van der Waals surface area contributed by atoms with E-state index in [1.807, 2.05) is 0 Å². The van der Waals surface area contributed by atoms with Crippen LogP contribution in [0.4, 0.5) is 10.1 Å². The molecule has 1 aliphatic carbocycles. The van der Waals surface area contributed by atoms with Crippen molar-refractivity contribution in [3.63, 3.8) is 0 Å². The van der Waals surface area contributed by atoms with Gasteiger partial charge in [0.1, 0.15) is 16.8 Å². The second-order valence-corrected chi connectivity index (χ2v) is 6.90. The largest absolute Gasteiger partial charge is 0.375 e. The highest BCUT2D eigenvalue weighted by molar-refractivity contribution is 7.16. The van der Waals surface area contributed by atoms with Gasteiger partial charge >= 0.3 is 0 Å². The van der Waals surface area contributed by atoms with Crippen molar-refractivity contribution in [1.82, 2.24) is 4.98 Å². The lowest BCUT2D eigenvalue weighted by atomic mass is 10.1. The van der Waals surface area contributed by atoms with Crippen LogP contribution in [0.25, 0.3) is 0 Å². The molecule has 0 radical (unpaired) electrons. The van der Waals surface area contributed by atoms with Crippen molar-refractivity contribution in [2.45, 2.75) is 32.1 Å². The summed E-state index contributed by atoms with van der Waals surface area (Å²) in [6, 6.07) is 2.25. The van der Waals surface area contributed by atoms with E-state index in [1.54, 1.807) is 5.38 Å². The second-order valence-electron chi connectivity index (χ2n) is 4.91. The Labute approximate surface area is 130 Å². The first-order valence-electron chi connectivity index (χ1n) is 6.76. The Bertz CT molecular complexity index is 726. The third-order valence-electron chi connectivity index (χ3n) is 3.51. The minimum atomic E-state index is -0.309. The molecule has 0 aliphatic heterocycles. The maximum atomic E-state index is 12.2. The predicted molar refractivity (Wildman–Crippen MR) is 84.8 cm³/mol. The maximum absolute atomic E-state index is 12.2. The minimum Gasteiger partial charge on any atom is -0.375 e. The molecule has 1 aliphatic rings. The zero-order valence-electron chi connectivity index (χ0n) is 11.3. The highest BCUT2D eigenvalue weighted by atomic mass is 32.1. The molecule has 0 atom stereocenters. The molecule has 1 amide bonds.